The molecule has 0 radical (unpaired) electrons. The molecule has 20 heavy (non-hydrogen) atoms. The van der Waals surface area contributed by atoms with Crippen LogP contribution in [0.2, 0.25) is 0 Å². The molecule has 0 aliphatic heterocycles. The van der Waals surface area contributed by atoms with Gasteiger partial charge in [0.15, 0.2) is 11.5 Å². The van der Waals surface area contributed by atoms with E-state index in [2.05, 4.69) is 11.4 Å². The second-order valence-corrected chi connectivity index (χ2v) is 4.15. The number of phenols is 2. The molecule has 0 aliphatic carbocycles. The molecule has 0 fully saturated rings. The first-order chi connectivity index (χ1) is 9.65. The first-order valence-electron chi connectivity index (χ1n) is 5.96. The number of para-hydroxylation sites is 2. The van der Waals surface area contributed by atoms with E-state index in [-0.39, 0.29) is 11.5 Å². The lowest BCUT2D eigenvalue weighted by Gasteiger charge is -2.16. The zero-order chi connectivity index (χ0) is 14.5. The van der Waals surface area contributed by atoms with Crippen LogP contribution in [0.15, 0.2) is 42.5 Å². The molecule has 0 heterocycles. The van der Waals surface area contributed by atoms with Crippen LogP contribution < -0.4 is 10.1 Å². The lowest BCUT2D eigenvalue weighted by Crippen LogP contribution is -2.09. The topological polar surface area (TPSA) is 85.5 Å². The monoisotopic (exact) mass is 270 g/mol. The first kappa shape index (κ1) is 13.6. The molecular weight excluding hydrogens is 256 g/mol. The van der Waals surface area contributed by atoms with Gasteiger partial charge in [0, 0.05) is 0 Å². The minimum atomic E-state index is -0.669. The van der Waals surface area contributed by atoms with Gasteiger partial charge in [0.25, 0.3) is 0 Å². The van der Waals surface area contributed by atoms with E-state index >= 15 is 0 Å². The summed E-state index contributed by atoms with van der Waals surface area (Å²) in [6, 6.07) is 12.9. The Morgan fingerprint density at radius 1 is 1.15 bits per heavy atom. The molecule has 102 valence electrons. The molecule has 0 spiro atoms. The highest BCUT2D eigenvalue weighted by molar-refractivity contribution is 5.58. The van der Waals surface area contributed by atoms with Crippen LogP contribution in [-0.4, -0.2) is 17.3 Å². The number of rotatable bonds is 4. The maximum Gasteiger partial charge on any atom is 0.157 e. The molecule has 0 amide bonds. The summed E-state index contributed by atoms with van der Waals surface area (Å²) in [6.07, 6.45) is 0. The van der Waals surface area contributed by atoms with Crippen molar-refractivity contribution >= 4 is 5.69 Å². The van der Waals surface area contributed by atoms with Crippen molar-refractivity contribution in [2.45, 2.75) is 6.04 Å². The number of hydrogen-bond donors (Lipinski definition) is 3. The third kappa shape index (κ3) is 2.75. The number of phenolic OH excluding ortho intramolecular Hbond substituents is 2. The fraction of sp³-hybridized carbons (Fsp3) is 0.133. The number of ether oxygens (including phenoxy) is 1. The van der Waals surface area contributed by atoms with Gasteiger partial charge in [-0.3, -0.25) is 0 Å². The summed E-state index contributed by atoms with van der Waals surface area (Å²) in [5.41, 5.74) is 1.22. The van der Waals surface area contributed by atoms with Crippen LogP contribution in [0.3, 0.4) is 0 Å². The third-order valence-corrected chi connectivity index (χ3v) is 2.87. The number of hydrogen-bond acceptors (Lipinski definition) is 5. The minimum Gasteiger partial charge on any atom is -0.504 e. The van der Waals surface area contributed by atoms with Crippen LogP contribution in [0.5, 0.6) is 17.2 Å². The van der Waals surface area contributed by atoms with E-state index < -0.39 is 6.04 Å². The van der Waals surface area contributed by atoms with Crippen molar-refractivity contribution in [3.05, 3.63) is 48.0 Å². The molecule has 0 saturated carbocycles. The number of nitrogens with one attached hydrogen (secondary N) is 1. The molecule has 2 rings (SSSR count). The molecule has 0 aromatic heterocycles. The fourth-order valence-electron chi connectivity index (χ4n) is 1.83. The molecule has 3 N–H and O–H groups in total. The van der Waals surface area contributed by atoms with Crippen LogP contribution in [0.4, 0.5) is 5.69 Å². The van der Waals surface area contributed by atoms with E-state index in [1.807, 2.05) is 12.1 Å². The summed E-state index contributed by atoms with van der Waals surface area (Å²) in [5, 5.41) is 31.1. The molecule has 1 atom stereocenters. The van der Waals surface area contributed by atoms with Gasteiger partial charge in [-0.15, -0.1) is 0 Å². The lowest BCUT2D eigenvalue weighted by atomic mass is 10.1. The molecule has 0 bridgehead atoms. The number of aromatic hydroxyl groups is 2. The zero-order valence-electron chi connectivity index (χ0n) is 10.9. The number of nitriles is 1. The second-order valence-electron chi connectivity index (χ2n) is 4.15. The molecule has 5 heteroatoms. The average Bonchev–Trinajstić information content (AvgIpc) is 2.48. The summed E-state index contributed by atoms with van der Waals surface area (Å²) in [5.74, 6) is 0.142. The molecule has 0 aliphatic rings. The minimum absolute atomic E-state index is 0.220. The summed E-state index contributed by atoms with van der Waals surface area (Å²) in [4.78, 5) is 0. The molecule has 1 unspecified atom stereocenters. The predicted octanol–water partition coefficient (Wildman–Crippen LogP) is 2.78. The van der Waals surface area contributed by atoms with E-state index in [0.29, 0.717) is 17.0 Å². The third-order valence-electron chi connectivity index (χ3n) is 2.87. The van der Waals surface area contributed by atoms with E-state index in [9.17, 15) is 15.5 Å². The Morgan fingerprint density at radius 2 is 1.90 bits per heavy atom. The summed E-state index contributed by atoms with van der Waals surface area (Å²) < 4.78 is 5.21. The molecular formula is C15H14N2O3. The maximum absolute atomic E-state index is 9.50. The summed E-state index contributed by atoms with van der Waals surface area (Å²) >= 11 is 0. The standard InChI is InChI=1S/C15H14N2O3/c1-20-15-5-3-2-4-11(15)17-12(9-16)10-6-7-13(18)14(19)8-10/h2-8,12,17-19H,1H3. The Balaban J connectivity index is 2.29. The summed E-state index contributed by atoms with van der Waals surface area (Å²) in [7, 11) is 1.55. The smallest absolute Gasteiger partial charge is 0.157 e. The number of methoxy groups -OCH3 is 1. The quantitative estimate of drug-likeness (QED) is 0.744. The average molecular weight is 270 g/mol. The highest BCUT2D eigenvalue weighted by Gasteiger charge is 2.14. The Kier molecular flexibility index (Phi) is 3.96. The Morgan fingerprint density at radius 3 is 2.55 bits per heavy atom. The zero-order valence-corrected chi connectivity index (χ0v) is 10.9. The van der Waals surface area contributed by atoms with Crippen molar-refractivity contribution in [2.75, 3.05) is 12.4 Å². The van der Waals surface area contributed by atoms with E-state index in [4.69, 9.17) is 4.74 Å². The lowest BCUT2D eigenvalue weighted by molar-refractivity contribution is 0.403. The maximum atomic E-state index is 9.50. The Bertz CT molecular complexity index is 650. The van der Waals surface area contributed by atoms with Crippen LogP contribution in [-0.2, 0) is 0 Å². The number of benzene rings is 2. The molecule has 2 aromatic carbocycles. The highest BCUT2D eigenvalue weighted by atomic mass is 16.5. The Hall–Kier alpha value is -2.87. The van der Waals surface area contributed by atoms with Crippen molar-refractivity contribution in [3.8, 4) is 23.3 Å². The SMILES string of the molecule is COc1ccccc1NC(C#N)c1ccc(O)c(O)c1. The van der Waals surface area contributed by atoms with E-state index in [1.54, 1.807) is 25.3 Å². The first-order valence-corrected chi connectivity index (χ1v) is 5.96. The number of anilines is 1. The van der Waals surface area contributed by atoms with E-state index in [0.717, 1.165) is 0 Å². The van der Waals surface area contributed by atoms with Gasteiger partial charge in [0.05, 0.1) is 18.9 Å². The van der Waals surface area contributed by atoms with Gasteiger partial charge in [-0.05, 0) is 29.8 Å². The van der Waals surface area contributed by atoms with Crippen LogP contribution in [0, 0.1) is 11.3 Å². The van der Waals surface area contributed by atoms with Crippen LogP contribution in [0.1, 0.15) is 11.6 Å². The van der Waals surface area contributed by atoms with Gasteiger partial charge in [0.2, 0.25) is 0 Å². The van der Waals surface area contributed by atoms with Crippen molar-refractivity contribution in [1.29, 1.82) is 5.26 Å². The van der Waals surface area contributed by atoms with Crippen molar-refractivity contribution in [3.63, 3.8) is 0 Å². The van der Waals surface area contributed by atoms with Crippen molar-refractivity contribution in [2.24, 2.45) is 0 Å². The Labute approximate surface area is 116 Å². The van der Waals surface area contributed by atoms with Crippen molar-refractivity contribution < 1.29 is 14.9 Å². The molecule has 2 aromatic rings. The number of nitrogens with zero attached hydrogens (tertiary/aromatic N) is 1. The van der Waals surface area contributed by atoms with Crippen molar-refractivity contribution in [1.82, 2.24) is 0 Å². The van der Waals surface area contributed by atoms with Gasteiger partial charge in [-0.1, -0.05) is 18.2 Å². The predicted molar refractivity (Wildman–Crippen MR) is 74.7 cm³/mol. The van der Waals surface area contributed by atoms with E-state index in [1.165, 1.54) is 12.1 Å². The van der Waals surface area contributed by atoms with Crippen LogP contribution >= 0.6 is 0 Å². The van der Waals surface area contributed by atoms with Crippen LogP contribution in [0.25, 0.3) is 0 Å². The molecule has 5 nitrogen and oxygen atoms in total. The van der Waals surface area contributed by atoms with Gasteiger partial charge < -0.3 is 20.3 Å². The van der Waals surface area contributed by atoms with Gasteiger partial charge in [0.1, 0.15) is 11.8 Å². The second kappa shape index (κ2) is 5.85. The van der Waals surface area contributed by atoms with Gasteiger partial charge in [-0.25, -0.2) is 0 Å². The highest BCUT2D eigenvalue weighted by Crippen LogP contribution is 2.31. The normalized spacial score (nSPS) is 11.4. The summed E-state index contributed by atoms with van der Waals surface area (Å²) in [6.45, 7) is 0. The van der Waals surface area contributed by atoms with Gasteiger partial charge in [-0.2, -0.15) is 5.26 Å². The fourth-order valence-corrected chi connectivity index (χ4v) is 1.83. The largest absolute Gasteiger partial charge is 0.504 e. The molecule has 0 saturated heterocycles. The van der Waals surface area contributed by atoms with Gasteiger partial charge >= 0.3 is 0 Å².